The predicted octanol–water partition coefficient (Wildman–Crippen LogP) is 3.41. The van der Waals surface area contributed by atoms with Gasteiger partial charge >= 0.3 is 0 Å². The largest absolute Gasteiger partial charge is 0.489 e. The van der Waals surface area contributed by atoms with Crippen LogP contribution in [0, 0.1) is 0 Å². The van der Waals surface area contributed by atoms with Crippen LogP contribution in [0.25, 0.3) is 5.57 Å². The molecule has 1 aliphatic rings. The van der Waals surface area contributed by atoms with E-state index in [9.17, 15) is 9.59 Å². The fraction of sp³-hybridized carbons (Fsp3) is 0.391. The van der Waals surface area contributed by atoms with Crippen molar-refractivity contribution in [1.29, 1.82) is 0 Å². The van der Waals surface area contributed by atoms with Crippen LogP contribution in [0.5, 0.6) is 5.75 Å². The van der Waals surface area contributed by atoms with Crippen LogP contribution < -0.4 is 9.64 Å². The summed E-state index contributed by atoms with van der Waals surface area (Å²) in [6.07, 6.45) is -0.0990. The van der Waals surface area contributed by atoms with Gasteiger partial charge in [-0.25, -0.2) is 4.90 Å². The Hall–Kier alpha value is -2.68. The molecule has 2 heterocycles. The molecule has 0 saturated carbocycles. The van der Waals surface area contributed by atoms with E-state index in [1.807, 2.05) is 42.3 Å². The van der Waals surface area contributed by atoms with Gasteiger partial charge in [0.15, 0.2) is 0 Å². The Morgan fingerprint density at radius 2 is 1.65 bits per heavy atom. The predicted molar refractivity (Wildman–Crippen MR) is 121 cm³/mol. The van der Waals surface area contributed by atoms with Gasteiger partial charge in [-0.05, 0) is 37.4 Å². The van der Waals surface area contributed by atoms with Gasteiger partial charge in [0.1, 0.15) is 11.4 Å². The molecule has 31 heavy (non-hydrogen) atoms. The average Bonchev–Trinajstić information content (AvgIpc) is 3.35. The number of nitrogens with zero attached hydrogens (tertiary/aromatic N) is 2. The Morgan fingerprint density at radius 1 is 0.968 bits per heavy atom. The molecule has 0 radical (unpaired) electrons. The molecule has 1 aliphatic heterocycles. The number of ether oxygens (including phenoxy) is 3. The number of rotatable bonds is 11. The lowest BCUT2D eigenvalue weighted by Gasteiger charge is -2.26. The third kappa shape index (κ3) is 4.98. The number of anilines is 1. The Kier molecular flexibility index (Phi) is 7.84. The normalized spacial score (nSPS) is 14.2. The highest BCUT2D eigenvalue weighted by atomic mass is 32.1. The van der Waals surface area contributed by atoms with Crippen LogP contribution in [0.3, 0.4) is 0 Å². The summed E-state index contributed by atoms with van der Waals surface area (Å²) in [4.78, 5) is 31.2. The average molecular weight is 445 g/mol. The van der Waals surface area contributed by atoms with E-state index in [0.29, 0.717) is 49.0 Å². The summed E-state index contributed by atoms with van der Waals surface area (Å²) in [6, 6.07) is 10.8. The molecule has 0 atom stereocenters. The first kappa shape index (κ1) is 23.0. The monoisotopic (exact) mass is 444 g/mol. The van der Waals surface area contributed by atoms with Gasteiger partial charge in [0.05, 0.1) is 30.6 Å². The van der Waals surface area contributed by atoms with Gasteiger partial charge in [0.2, 0.25) is 0 Å². The minimum atomic E-state index is -0.375. The molecule has 1 aromatic carbocycles. The van der Waals surface area contributed by atoms with Crippen molar-refractivity contribution in [3.8, 4) is 5.75 Å². The molecule has 0 aliphatic carbocycles. The summed E-state index contributed by atoms with van der Waals surface area (Å²) >= 11 is 1.43. The number of hydrogen-bond acceptors (Lipinski definition) is 7. The van der Waals surface area contributed by atoms with Crippen molar-refractivity contribution in [3.05, 3.63) is 52.4 Å². The van der Waals surface area contributed by atoms with Crippen molar-refractivity contribution in [2.75, 3.05) is 45.4 Å². The van der Waals surface area contributed by atoms with Crippen molar-refractivity contribution in [2.24, 2.45) is 0 Å². The maximum Gasteiger partial charge on any atom is 0.282 e. The summed E-state index contributed by atoms with van der Waals surface area (Å²) in [6.45, 7) is 5.56. The van der Waals surface area contributed by atoms with Crippen molar-refractivity contribution >= 4 is 34.4 Å². The molecule has 0 bridgehead atoms. The van der Waals surface area contributed by atoms with E-state index < -0.39 is 0 Å². The van der Waals surface area contributed by atoms with Crippen molar-refractivity contribution in [2.45, 2.75) is 20.0 Å². The van der Waals surface area contributed by atoms with Crippen LogP contribution in [-0.4, -0.2) is 63.3 Å². The molecular weight excluding hydrogens is 416 g/mol. The van der Waals surface area contributed by atoms with E-state index in [2.05, 4.69) is 0 Å². The zero-order chi connectivity index (χ0) is 22.4. The second-order valence-corrected chi connectivity index (χ2v) is 8.20. The smallest absolute Gasteiger partial charge is 0.282 e. The van der Waals surface area contributed by atoms with Crippen molar-refractivity contribution < 1.29 is 23.8 Å². The van der Waals surface area contributed by atoms with E-state index in [-0.39, 0.29) is 17.9 Å². The highest BCUT2D eigenvalue weighted by molar-refractivity contribution is 7.11. The quantitative estimate of drug-likeness (QED) is 0.495. The summed E-state index contributed by atoms with van der Waals surface area (Å²) in [5.74, 6) is -0.242. The third-order valence-corrected chi connectivity index (χ3v) is 5.63. The van der Waals surface area contributed by atoms with Gasteiger partial charge < -0.3 is 19.1 Å². The summed E-state index contributed by atoms with van der Waals surface area (Å²) < 4.78 is 16.4. The number of benzene rings is 1. The first-order valence-corrected chi connectivity index (χ1v) is 11.0. The fourth-order valence-electron chi connectivity index (χ4n) is 3.41. The number of imide groups is 1. The SMILES string of the molecule is COCCN(CCOC)C1=C(c2cccs2)C(=O)N(c2ccccc2OC(C)C)C1=O. The minimum absolute atomic E-state index is 0.0990. The van der Waals surface area contributed by atoms with E-state index in [4.69, 9.17) is 14.2 Å². The summed E-state index contributed by atoms with van der Waals surface area (Å²) in [5.41, 5.74) is 1.20. The summed E-state index contributed by atoms with van der Waals surface area (Å²) in [5, 5.41) is 1.89. The van der Waals surface area contributed by atoms with Gasteiger partial charge in [-0.3, -0.25) is 9.59 Å². The highest BCUT2D eigenvalue weighted by Gasteiger charge is 2.43. The van der Waals surface area contributed by atoms with Gasteiger partial charge in [-0.2, -0.15) is 0 Å². The molecule has 0 fully saturated rings. The Balaban J connectivity index is 2.09. The van der Waals surface area contributed by atoms with Crippen molar-refractivity contribution in [1.82, 2.24) is 4.90 Å². The number of methoxy groups -OCH3 is 2. The molecule has 3 rings (SSSR count). The Bertz CT molecular complexity index is 931. The number of thiophene rings is 1. The Morgan fingerprint density at radius 3 is 2.23 bits per heavy atom. The maximum atomic E-state index is 13.7. The van der Waals surface area contributed by atoms with Crippen LogP contribution >= 0.6 is 11.3 Å². The van der Waals surface area contributed by atoms with Crippen LogP contribution in [0.4, 0.5) is 5.69 Å². The number of amides is 2. The van der Waals surface area contributed by atoms with E-state index in [0.717, 1.165) is 4.88 Å². The zero-order valence-corrected chi connectivity index (χ0v) is 19.1. The summed E-state index contributed by atoms with van der Waals surface area (Å²) in [7, 11) is 3.22. The second-order valence-electron chi connectivity index (χ2n) is 7.25. The van der Waals surface area contributed by atoms with Gasteiger partial charge in [0, 0.05) is 32.2 Å². The van der Waals surface area contributed by atoms with Gasteiger partial charge in [-0.1, -0.05) is 18.2 Å². The van der Waals surface area contributed by atoms with Crippen LogP contribution in [0.15, 0.2) is 47.5 Å². The fourth-order valence-corrected chi connectivity index (χ4v) is 4.17. The Labute approximate surface area is 186 Å². The molecule has 2 aromatic rings. The van der Waals surface area contributed by atoms with E-state index >= 15 is 0 Å². The molecule has 1 aromatic heterocycles. The molecule has 7 nitrogen and oxygen atoms in total. The van der Waals surface area contributed by atoms with E-state index in [1.165, 1.54) is 16.2 Å². The van der Waals surface area contributed by atoms with Crippen LogP contribution in [0.1, 0.15) is 18.7 Å². The lowest BCUT2D eigenvalue weighted by atomic mass is 10.1. The zero-order valence-electron chi connectivity index (χ0n) is 18.3. The third-order valence-electron chi connectivity index (χ3n) is 4.74. The van der Waals surface area contributed by atoms with Crippen LogP contribution in [-0.2, 0) is 19.1 Å². The standard InChI is InChI=1S/C23H28N2O5S/c1-16(2)30-18-9-6-5-8-17(18)25-22(26)20(19-10-7-15-31-19)21(23(25)27)24(11-13-28-3)12-14-29-4/h5-10,15-16H,11-14H2,1-4H3. The lowest BCUT2D eigenvalue weighted by molar-refractivity contribution is -0.120. The molecular formula is C23H28N2O5S. The number of carbonyl (C=O) groups excluding carboxylic acids is 2. The van der Waals surface area contributed by atoms with Gasteiger partial charge in [0.25, 0.3) is 11.8 Å². The lowest BCUT2D eigenvalue weighted by Crippen LogP contribution is -2.38. The highest BCUT2D eigenvalue weighted by Crippen LogP contribution is 2.39. The minimum Gasteiger partial charge on any atom is -0.489 e. The number of carbonyl (C=O) groups is 2. The number of hydrogen-bond donors (Lipinski definition) is 0. The molecule has 2 amide bonds. The molecule has 166 valence electrons. The maximum absolute atomic E-state index is 13.7. The second kappa shape index (κ2) is 10.6. The molecule has 0 N–H and O–H groups in total. The van der Waals surface area contributed by atoms with E-state index in [1.54, 1.807) is 32.4 Å². The first-order chi connectivity index (χ1) is 15.0. The molecule has 8 heteroatoms. The molecule has 0 saturated heterocycles. The molecule has 0 spiro atoms. The van der Waals surface area contributed by atoms with Crippen molar-refractivity contribution in [3.63, 3.8) is 0 Å². The number of para-hydroxylation sites is 2. The topological polar surface area (TPSA) is 68.3 Å². The molecule has 0 unspecified atom stereocenters. The first-order valence-electron chi connectivity index (χ1n) is 10.1. The van der Waals surface area contributed by atoms with Gasteiger partial charge in [-0.15, -0.1) is 11.3 Å². The van der Waals surface area contributed by atoms with Crippen LogP contribution in [0.2, 0.25) is 0 Å².